The van der Waals surface area contributed by atoms with Gasteiger partial charge < -0.3 is 14.8 Å². The highest BCUT2D eigenvalue weighted by atomic mass is 32.1. The number of benzene rings is 2. The number of rotatable bonds is 3. The Bertz CT molecular complexity index is 891. The fourth-order valence-electron chi connectivity index (χ4n) is 2.85. The zero-order valence-corrected chi connectivity index (χ0v) is 14.5. The van der Waals surface area contributed by atoms with Gasteiger partial charge >= 0.3 is 0 Å². The maximum atomic E-state index is 12.8. The van der Waals surface area contributed by atoms with Gasteiger partial charge in [-0.2, -0.15) is 0 Å². The Morgan fingerprint density at radius 3 is 2.44 bits per heavy atom. The third kappa shape index (κ3) is 3.10. The molecule has 1 aliphatic rings. The summed E-state index contributed by atoms with van der Waals surface area (Å²) in [5.74, 6) is 1.04. The second-order valence-corrected chi connectivity index (χ2v) is 6.77. The van der Waals surface area contributed by atoms with E-state index in [9.17, 15) is 4.79 Å². The van der Waals surface area contributed by atoms with E-state index >= 15 is 0 Å². The first kappa shape index (κ1) is 15.7. The quantitative estimate of drug-likeness (QED) is 0.751. The van der Waals surface area contributed by atoms with Crippen molar-refractivity contribution in [2.45, 2.75) is 19.1 Å². The van der Waals surface area contributed by atoms with Crippen molar-refractivity contribution in [2.24, 2.45) is 0 Å². The number of thiophene rings is 1. The molecule has 0 spiro atoms. The molecule has 0 saturated heterocycles. The van der Waals surface area contributed by atoms with Gasteiger partial charge in [0.1, 0.15) is 6.10 Å². The van der Waals surface area contributed by atoms with Gasteiger partial charge in [-0.05, 0) is 36.6 Å². The molecule has 5 heteroatoms. The molecule has 3 aromatic rings. The molecule has 0 bridgehead atoms. The summed E-state index contributed by atoms with van der Waals surface area (Å²) >= 11 is 1.64. The molecule has 4 rings (SSSR count). The van der Waals surface area contributed by atoms with Crippen LogP contribution in [0, 0.1) is 0 Å². The Balaban J connectivity index is 1.57. The van der Waals surface area contributed by atoms with E-state index < -0.39 is 6.10 Å². The van der Waals surface area contributed by atoms with Gasteiger partial charge in [-0.25, -0.2) is 0 Å². The number of nitrogens with one attached hydrogen (secondary N) is 1. The molecule has 0 aliphatic carbocycles. The first-order valence-corrected chi connectivity index (χ1v) is 8.96. The molecular formula is C20H17NO3S. The van der Waals surface area contributed by atoms with E-state index in [-0.39, 0.29) is 12.0 Å². The molecule has 1 aromatic heterocycles. The molecule has 1 amide bonds. The van der Waals surface area contributed by atoms with Crippen molar-refractivity contribution in [2.75, 3.05) is 5.32 Å². The lowest BCUT2D eigenvalue weighted by Crippen LogP contribution is -2.46. The molecule has 1 aliphatic heterocycles. The highest BCUT2D eigenvalue weighted by Crippen LogP contribution is 2.35. The van der Waals surface area contributed by atoms with Crippen molar-refractivity contribution in [3.8, 4) is 21.9 Å². The average molecular weight is 351 g/mol. The minimum Gasteiger partial charge on any atom is -0.482 e. The Morgan fingerprint density at radius 1 is 0.960 bits per heavy atom. The second-order valence-electron chi connectivity index (χ2n) is 5.82. The molecule has 2 heterocycles. The first-order valence-electron chi connectivity index (χ1n) is 8.08. The number of carbonyl (C=O) groups excluding carboxylic acids is 1. The van der Waals surface area contributed by atoms with E-state index in [2.05, 4.69) is 5.32 Å². The number of ether oxygens (including phenoxy) is 2. The van der Waals surface area contributed by atoms with Gasteiger partial charge in [0.05, 0.1) is 0 Å². The fraction of sp³-hybridized carbons (Fsp3) is 0.150. The van der Waals surface area contributed by atoms with Crippen LogP contribution in [0.15, 0.2) is 66.0 Å². The summed E-state index contributed by atoms with van der Waals surface area (Å²) in [5.41, 5.74) is 1.76. The number of para-hydroxylation sites is 3. The minimum absolute atomic E-state index is 0.217. The monoisotopic (exact) mass is 351 g/mol. The zero-order chi connectivity index (χ0) is 17.2. The number of anilines is 1. The van der Waals surface area contributed by atoms with Crippen LogP contribution < -0.4 is 14.8 Å². The van der Waals surface area contributed by atoms with Crippen molar-refractivity contribution < 1.29 is 14.3 Å². The predicted molar refractivity (Wildman–Crippen MR) is 99.3 cm³/mol. The second kappa shape index (κ2) is 6.61. The minimum atomic E-state index is -0.703. The number of fused-ring (bicyclic) bond motifs is 1. The van der Waals surface area contributed by atoms with E-state index in [1.165, 1.54) is 0 Å². The number of hydrogen-bond acceptors (Lipinski definition) is 4. The molecule has 126 valence electrons. The maximum Gasteiger partial charge on any atom is 0.269 e. The molecule has 2 unspecified atom stereocenters. The lowest BCUT2D eigenvalue weighted by Gasteiger charge is -2.31. The highest BCUT2D eigenvalue weighted by molar-refractivity contribution is 7.13. The Hall–Kier alpha value is -2.79. The fourth-order valence-corrected chi connectivity index (χ4v) is 3.61. The molecule has 4 nitrogen and oxygen atoms in total. The zero-order valence-electron chi connectivity index (χ0n) is 13.6. The van der Waals surface area contributed by atoms with Crippen LogP contribution in [-0.2, 0) is 4.79 Å². The van der Waals surface area contributed by atoms with Crippen LogP contribution >= 0.6 is 11.3 Å². The Labute approximate surface area is 150 Å². The van der Waals surface area contributed by atoms with Crippen LogP contribution in [0.3, 0.4) is 0 Å². The molecule has 2 aromatic carbocycles. The van der Waals surface area contributed by atoms with Crippen LogP contribution in [0.1, 0.15) is 6.92 Å². The van der Waals surface area contributed by atoms with Gasteiger partial charge in [0.15, 0.2) is 11.5 Å². The summed E-state index contributed by atoms with van der Waals surface area (Å²) in [6.45, 7) is 1.84. The van der Waals surface area contributed by atoms with Gasteiger partial charge in [-0.3, -0.25) is 4.79 Å². The van der Waals surface area contributed by atoms with Gasteiger partial charge in [0.2, 0.25) is 6.10 Å². The van der Waals surface area contributed by atoms with Crippen LogP contribution in [0.25, 0.3) is 10.4 Å². The van der Waals surface area contributed by atoms with Crippen LogP contribution in [0.2, 0.25) is 0 Å². The van der Waals surface area contributed by atoms with Gasteiger partial charge in [0, 0.05) is 16.1 Å². The highest BCUT2D eigenvalue weighted by Gasteiger charge is 2.34. The lowest BCUT2D eigenvalue weighted by atomic mass is 10.1. The van der Waals surface area contributed by atoms with Crippen LogP contribution in [0.4, 0.5) is 5.69 Å². The molecule has 0 fully saturated rings. The topological polar surface area (TPSA) is 47.6 Å². The average Bonchev–Trinajstić information content (AvgIpc) is 3.16. The van der Waals surface area contributed by atoms with Crippen LogP contribution in [0.5, 0.6) is 11.5 Å². The van der Waals surface area contributed by atoms with Crippen molar-refractivity contribution in [1.29, 1.82) is 0 Å². The van der Waals surface area contributed by atoms with Crippen molar-refractivity contribution in [1.82, 2.24) is 0 Å². The molecule has 0 saturated carbocycles. The van der Waals surface area contributed by atoms with Crippen molar-refractivity contribution in [3.63, 3.8) is 0 Å². The van der Waals surface area contributed by atoms with Crippen LogP contribution in [-0.4, -0.2) is 18.1 Å². The maximum absolute atomic E-state index is 12.8. The number of hydrogen-bond donors (Lipinski definition) is 1. The number of amides is 1. The molecule has 0 radical (unpaired) electrons. The van der Waals surface area contributed by atoms with E-state index in [1.54, 1.807) is 17.4 Å². The van der Waals surface area contributed by atoms with Gasteiger partial charge in [-0.1, -0.05) is 36.4 Å². The van der Waals surface area contributed by atoms with Crippen molar-refractivity contribution >= 4 is 22.9 Å². The third-order valence-corrected chi connectivity index (χ3v) is 4.98. The smallest absolute Gasteiger partial charge is 0.269 e. The lowest BCUT2D eigenvalue weighted by molar-refractivity contribution is -0.128. The van der Waals surface area contributed by atoms with E-state index in [1.807, 2.05) is 66.9 Å². The van der Waals surface area contributed by atoms with Crippen molar-refractivity contribution in [3.05, 3.63) is 66.0 Å². The van der Waals surface area contributed by atoms with E-state index in [0.29, 0.717) is 11.5 Å². The van der Waals surface area contributed by atoms with E-state index in [0.717, 1.165) is 16.1 Å². The molecular weight excluding hydrogens is 334 g/mol. The predicted octanol–water partition coefficient (Wildman–Crippen LogP) is 4.58. The molecule has 25 heavy (non-hydrogen) atoms. The summed E-state index contributed by atoms with van der Waals surface area (Å²) in [6.07, 6.45) is -1.07. The normalized spacial score (nSPS) is 18.6. The number of carbonyl (C=O) groups is 1. The van der Waals surface area contributed by atoms with Gasteiger partial charge in [0.25, 0.3) is 5.91 Å². The molecule has 2 atom stereocenters. The Kier molecular flexibility index (Phi) is 4.15. The van der Waals surface area contributed by atoms with E-state index in [4.69, 9.17) is 9.47 Å². The SMILES string of the molecule is CC1Oc2ccccc2OC1C(=O)Nc1ccccc1-c1cccs1. The largest absolute Gasteiger partial charge is 0.482 e. The Morgan fingerprint density at radius 2 is 1.68 bits per heavy atom. The summed E-state index contributed by atoms with van der Waals surface area (Å²) in [7, 11) is 0. The summed E-state index contributed by atoms with van der Waals surface area (Å²) in [4.78, 5) is 13.9. The first-order chi connectivity index (χ1) is 12.2. The van der Waals surface area contributed by atoms with Gasteiger partial charge in [-0.15, -0.1) is 11.3 Å². The summed E-state index contributed by atoms with van der Waals surface area (Å²) in [5, 5.41) is 5.01. The summed E-state index contributed by atoms with van der Waals surface area (Å²) in [6, 6.07) is 19.2. The molecule has 1 N–H and O–H groups in total. The third-order valence-electron chi connectivity index (χ3n) is 4.07. The summed E-state index contributed by atoms with van der Waals surface area (Å²) < 4.78 is 11.7. The standard InChI is InChI=1S/C20H17NO3S/c1-13-19(24-17-10-5-4-9-16(17)23-13)20(22)21-15-8-3-2-7-14(15)18-11-6-12-25-18/h2-13,19H,1H3,(H,21,22).